The topological polar surface area (TPSA) is 75.6 Å². The Hall–Kier alpha value is -1.88. The number of ether oxygens (including phenoxy) is 1. The average molecular weight is 345 g/mol. The molecule has 0 saturated heterocycles. The quantitative estimate of drug-likeness (QED) is 0.829. The van der Waals surface area contributed by atoms with Crippen LogP contribution in [0.25, 0.3) is 0 Å². The van der Waals surface area contributed by atoms with Crippen molar-refractivity contribution >= 4 is 11.9 Å². The number of carbonyl (C=O) groups is 2. The molecule has 0 bridgehead atoms. The van der Waals surface area contributed by atoms with Crippen molar-refractivity contribution in [3.05, 3.63) is 35.4 Å². The molecule has 0 spiro atoms. The predicted octanol–water partition coefficient (Wildman–Crippen LogP) is 3.34. The standard InChI is InChI=1S/C20H27NO4/c1-4-25-16-12-20(18(23)24,19(16,2)3)21-17(22)15-10-8-14(9-11-15)13-6-5-7-13/h8-11,13,16H,4-7,12H2,1-3H3,(H,21,22)(H,23,24). The van der Waals surface area contributed by atoms with Gasteiger partial charge in [0.15, 0.2) is 0 Å². The van der Waals surface area contributed by atoms with Crippen LogP contribution in [-0.2, 0) is 9.53 Å². The van der Waals surface area contributed by atoms with Crippen LogP contribution in [0.4, 0.5) is 0 Å². The molecule has 2 fully saturated rings. The Labute approximate surface area is 148 Å². The van der Waals surface area contributed by atoms with E-state index in [1.807, 2.05) is 32.9 Å². The van der Waals surface area contributed by atoms with Crippen molar-refractivity contribution in [2.45, 2.75) is 64.0 Å². The van der Waals surface area contributed by atoms with Gasteiger partial charge in [-0.05, 0) is 43.4 Å². The SMILES string of the molecule is CCOC1CC(NC(=O)c2ccc(C3CCC3)cc2)(C(=O)O)C1(C)C. The molecule has 0 heterocycles. The summed E-state index contributed by atoms with van der Waals surface area (Å²) in [4.78, 5) is 24.6. The van der Waals surface area contributed by atoms with Crippen LogP contribution in [0.15, 0.2) is 24.3 Å². The first-order valence-corrected chi connectivity index (χ1v) is 9.09. The molecule has 2 unspecified atom stereocenters. The molecule has 2 aliphatic carbocycles. The molecule has 0 aromatic heterocycles. The van der Waals surface area contributed by atoms with E-state index in [0.29, 0.717) is 18.1 Å². The van der Waals surface area contributed by atoms with Crippen LogP contribution < -0.4 is 5.32 Å². The number of rotatable bonds is 6. The third-order valence-electron chi connectivity index (χ3n) is 6.21. The summed E-state index contributed by atoms with van der Waals surface area (Å²) in [5, 5.41) is 12.6. The van der Waals surface area contributed by atoms with Crippen molar-refractivity contribution in [1.82, 2.24) is 5.32 Å². The molecule has 136 valence electrons. The summed E-state index contributed by atoms with van der Waals surface area (Å²) in [7, 11) is 0. The van der Waals surface area contributed by atoms with Crippen molar-refractivity contribution in [3.8, 4) is 0 Å². The number of benzene rings is 1. The zero-order chi connectivity index (χ0) is 18.2. The minimum atomic E-state index is -1.30. The molecule has 0 radical (unpaired) electrons. The Morgan fingerprint density at radius 1 is 1.24 bits per heavy atom. The molecular weight excluding hydrogens is 318 g/mol. The van der Waals surface area contributed by atoms with Gasteiger partial charge in [0, 0.05) is 24.0 Å². The van der Waals surface area contributed by atoms with E-state index in [4.69, 9.17) is 4.74 Å². The van der Waals surface area contributed by atoms with Crippen LogP contribution in [0.1, 0.15) is 68.3 Å². The first-order chi connectivity index (χ1) is 11.8. The van der Waals surface area contributed by atoms with Gasteiger partial charge in [-0.1, -0.05) is 32.4 Å². The van der Waals surface area contributed by atoms with Crippen LogP contribution in [0.3, 0.4) is 0 Å². The fourth-order valence-corrected chi connectivity index (χ4v) is 3.95. The van der Waals surface area contributed by atoms with Gasteiger partial charge in [0.2, 0.25) is 0 Å². The van der Waals surface area contributed by atoms with Crippen LogP contribution >= 0.6 is 0 Å². The second kappa shape index (κ2) is 6.45. The maximum Gasteiger partial charge on any atom is 0.330 e. The fraction of sp³-hybridized carbons (Fsp3) is 0.600. The van der Waals surface area contributed by atoms with Crippen LogP contribution in [0.5, 0.6) is 0 Å². The number of carboxylic acid groups (broad SMARTS) is 1. The van der Waals surface area contributed by atoms with Crippen molar-refractivity contribution in [2.24, 2.45) is 5.41 Å². The number of carboxylic acids is 1. The molecule has 25 heavy (non-hydrogen) atoms. The van der Waals surface area contributed by atoms with E-state index in [2.05, 4.69) is 5.32 Å². The monoisotopic (exact) mass is 345 g/mol. The predicted molar refractivity (Wildman–Crippen MR) is 94.7 cm³/mol. The summed E-state index contributed by atoms with van der Waals surface area (Å²) in [6, 6.07) is 7.57. The molecule has 1 amide bonds. The summed E-state index contributed by atoms with van der Waals surface area (Å²) in [6.45, 7) is 6.09. The van der Waals surface area contributed by atoms with Crippen molar-refractivity contribution in [1.29, 1.82) is 0 Å². The lowest BCUT2D eigenvalue weighted by Crippen LogP contribution is -2.76. The maximum absolute atomic E-state index is 12.7. The van der Waals surface area contributed by atoms with Gasteiger partial charge in [-0.15, -0.1) is 0 Å². The van der Waals surface area contributed by atoms with Crippen LogP contribution in [0.2, 0.25) is 0 Å². The van der Waals surface area contributed by atoms with Crippen molar-refractivity contribution in [2.75, 3.05) is 6.61 Å². The maximum atomic E-state index is 12.7. The number of nitrogens with one attached hydrogen (secondary N) is 1. The zero-order valence-corrected chi connectivity index (χ0v) is 15.2. The molecule has 2 aliphatic rings. The van der Waals surface area contributed by atoms with Crippen molar-refractivity contribution < 1.29 is 19.4 Å². The lowest BCUT2D eigenvalue weighted by Gasteiger charge is -2.58. The Morgan fingerprint density at radius 2 is 1.88 bits per heavy atom. The average Bonchev–Trinajstić information content (AvgIpc) is 2.52. The normalized spacial score (nSPS) is 27.9. The van der Waals surface area contributed by atoms with E-state index in [1.165, 1.54) is 24.8 Å². The number of hydrogen-bond donors (Lipinski definition) is 2. The fourth-order valence-electron chi connectivity index (χ4n) is 3.95. The molecule has 1 aromatic rings. The zero-order valence-electron chi connectivity index (χ0n) is 15.2. The van der Waals surface area contributed by atoms with Gasteiger partial charge >= 0.3 is 5.97 Å². The second-order valence-electron chi connectivity index (χ2n) is 7.78. The highest BCUT2D eigenvalue weighted by Crippen LogP contribution is 2.51. The number of hydrogen-bond acceptors (Lipinski definition) is 3. The highest BCUT2D eigenvalue weighted by Gasteiger charge is 2.66. The highest BCUT2D eigenvalue weighted by atomic mass is 16.5. The van der Waals surface area contributed by atoms with E-state index in [-0.39, 0.29) is 18.4 Å². The Kier molecular flexibility index (Phi) is 4.62. The van der Waals surface area contributed by atoms with Gasteiger partial charge in [0.1, 0.15) is 5.54 Å². The number of amides is 1. The van der Waals surface area contributed by atoms with E-state index in [1.54, 1.807) is 12.1 Å². The summed E-state index contributed by atoms with van der Waals surface area (Å²) in [5.74, 6) is -0.738. The van der Waals surface area contributed by atoms with Gasteiger partial charge in [0.05, 0.1) is 6.10 Å². The van der Waals surface area contributed by atoms with Crippen LogP contribution in [-0.4, -0.2) is 35.2 Å². The lowest BCUT2D eigenvalue weighted by molar-refractivity contribution is -0.190. The molecule has 0 aliphatic heterocycles. The number of carbonyl (C=O) groups excluding carboxylic acids is 1. The van der Waals surface area contributed by atoms with E-state index < -0.39 is 16.9 Å². The highest BCUT2D eigenvalue weighted by molar-refractivity contribution is 5.98. The van der Waals surface area contributed by atoms with E-state index >= 15 is 0 Å². The summed E-state index contributed by atoms with van der Waals surface area (Å²) < 4.78 is 5.63. The molecule has 2 N–H and O–H groups in total. The molecular formula is C20H27NO4. The second-order valence-corrected chi connectivity index (χ2v) is 7.78. The summed E-state index contributed by atoms with van der Waals surface area (Å²) in [5.41, 5.74) is -0.206. The first-order valence-electron chi connectivity index (χ1n) is 9.09. The third-order valence-corrected chi connectivity index (χ3v) is 6.21. The molecule has 2 atom stereocenters. The number of aliphatic carboxylic acids is 1. The van der Waals surface area contributed by atoms with Crippen LogP contribution in [0, 0.1) is 5.41 Å². The van der Waals surface area contributed by atoms with Gasteiger partial charge in [0.25, 0.3) is 5.91 Å². The molecule has 2 saturated carbocycles. The summed E-state index contributed by atoms with van der Waals surface area (Å²) in [6.07, 6.45) is 3.80. The molecule has 3 rings (SSSR count). The van der Waals surface area contributed by atoms with Crippen molar-refractivity contribution in [3.63, 3.8) is 0 Å². The lowest BCUT2D eigenvalue weighted by atomic mass is 9.54. The molecule has 5 heteroatoms. The molecule has 5 nitrogen and oxygen atoms in total. The van der Waals surface area contributed by atoms with Gasteiger partial charge < -0.3 is 15.2 Å². The minimum Gasteiger partial charge on any atom is -0.479 e. The Balaban J connectivity index is 1.74. The van der Waals surface area contributed by atoms with E-state index in [9.17, 15) is 14.7 Å². The summed E-state index contributed by atoms with van der Waals surface area (Å²) >= 11 is 0. The van der Waals surface area contributed by atoms with Gasteiger partial charge in [-0.3, -0.25) is 4.79 Å². The molecule has 1 aromatic carbocycles. The van der Waals surface area contributed by atoms with Gasteiger partial charge in [-0.25, -0.2) is 4.79 Å². The van der Waals surface area contributed by atoms with E-state index in [0.717, 1.165) is 0 Å². The largest absolute Gasteiger partial charge is 0.479 e. The smallest absolute Gasteiger partial charge is 0.330 e. The van der Waals surface area contributed by atoms with Gasteiger partial charge in [-0.2, -0.15) is 0 Å². The Morgan fingerprint density at radius 3 is 2.32 bits per heavy atom. The minimum absolute atomic E-state index is 0.171. The third kappa shape index (κ3) is 2.84. The first kappa shape index (κ1) is 17.9. The Bertz CT molecular complexity index is 663.